The Morgan fingerprint density at radius 3 is 2.75 bits per heavy atom. The lowest BCUT2D eigenvalue weighted by Gasteiger charge is -2.20. The minimum Gasteiger partial charge on any atom is -0.395 e. The van der Waals surface area contributed by atoms with E-state index in [1.807, 2.05) is 13.8 Å². The molecule has 108 valence electrons. The fourth-order valence-electron chi connectivity index (χ4n) is 1.85. The first-order valence-electron chi connectivity index (χ1n) is 6.60. The standard InChI is InChI=1S/C16H20FNO2/c1-12(2)11-18(3)16(20)15-10-14(17)8-7-13(15)6-4-5-9-19/h7-8,10,12,19H,5,9,11H2,1-3H3. The van der Waals surface area contributed by atoms with E-state index in [1.165, 1.54) is 18.2 Å². The Morgan fingerprint density at radius 1 is 1.45 bits per heavy atom. The van der Waals surface area contributed by atoms with E-state index in [0.717, 1.165) is 0 Å². The molecular formula is C16H20FNO2. The number of rotatable bonds is 4. The number of halogens is 1. The Kier molecular flexibility index (Phi) is 6.20. The highest BCUT2D eigenvalue weighted by Gasteiger charge is 2.16. The molecule has 1 N–H and O–H groups in total. The zero-order valence-corrected chi connectivity index (χ0v) is 12.1. The largest absolute Gasteiger partial charge is 0.395 e. The second-order valence-corrected chi connectivity index (χ2v) is 5.04. The van der Waals surface area contributed by atoms with Crippen LogP contribution in [-0.4, -0.2) is 36.1 Å². The first-order valence-corrected chi connectivity index (χ1v) is 6.60. The lowest BCUT2D eigenvalue weighted by molar-refractivity contribution is 0.0778. The van der Waals surface area contributed by atoms with Crippen molar-refractivity contribution in [1.29, 1.82) is 0 Å². The number of benzene rings is 1. The Balaban J connectivity index is 3.06. The van der Waals surface area contributed by atoms with Crippen LogP contribution in [0.4, 0.5) is 4.39 Å². The molecule has 0 atom stereocenters. The van der Waals surface area contributed by atoms with E-state index in [-0.39, 0.29) is 18.1 Å². The zero-order chi connectivity index (χ0) is 15.1. The molecule has 0 radical (unpaired) electrons. The second kappa shape index (κ2) is 7.66. The highest BCUT2D eigenvalue weighted by atomic mass is 19.1. The van der Waals surface area contributed by atoms with Crippen LogP contribution >= 0.6 is 0 Å². The molecule has 1 amide bonds. The third-order valence-corrected chi connectivity index (χ3v) is 2.66. The summed E-state index contributed by atoms with van der Waals surface area (Å²) < 4.78 is 13.4. The molecule has 1 rings (SSSR count). The number of hydrogen-bond donors (Lipinski definition) is 1. The van der Waals surface area contributed by atoms with Crippen molar-refractivity contribution in [2.45, 2.75) is 20.3 Å². The third kappa shape index (κ3) is 4.67. The quantitative estimate of drug-likeness (QED) is 0.858. The minimum atomic E-state index is -0.459. The molecule has 1 aromatic rings. The normalized spacial score (nSPS) is 10.1. The van der Waals surface area contributed by atoms with Crippen molar-refractivity contribution in [3.8, 4) is 11.8 Å². The number of aliphatic hydroxyl groups is 1. The molecule has 0 saturated heterocycles. The van der Waals surface area contributed by atoms with Crippen molar-refractivity contribution in [3.05, 3.63) is 35.1 Å². The molecule has 0 fully saturated rings. The predicted molar refractivity (Wildman–Crippen MR) is 76.8 cm³/mol. The molecule has 0 aliphatic heterocycles. The van der Waals surface area contributed by atoms with Crippen molar-refractivity contribution in [2.24, 2.45) is 5.92 Å². The number of amides is 1. The maximum absolute atomic E-state index is 13.4. The van der Waals surface area contributed by atoms with Gasteiger partial charge in [-0.15, -0.1) is 0 Å². The van der Waals surface area contributed by atoms with E-state index >= 15 is 0 Å². The maximum atomic E-state index is 13.4. The number of aliphatic hydroxyl groups excluding tert-OH is 1. The van der Waals surface area contributed by atoms with Crippen LogP contribution in [0.25, 0.3) is 0 Å². The molecule has 0 spiro atoms. The first-order chi connectivity index (χ1) is 9.45. The van der Waals surface area contributed by atoms with E-state index in [9.17, 15) is 9.18 Å². The summed E-state index contributed by atoms with van der Waals surface area (Å²) in [6.07, 6.45) is 0.326. The minimum absolute atomic E-state index is 0.0370. The third-order valence-electron chi connectivity index (χ3n) is 2.66. The van der Waals surface area contributed by atoms with Crippen molar-refractivity contribution in [1.82, 2.24) is 4.90 Å². The number of carbonyl (C=O) groups is 1. The average molecular weight is 277 g/mol. The number of hydrogen-bond acceptors (Lipinski definition) is 2. The fourth-order valence-corrected chi connectivity index (χ4v) is 1.85. The molecule has 0 saturated carbocycles. The molecule has 0 aromatic heterocycles. The number of carbonyl (C=O) groups excluding carboxylic acids is 1. The molecule has 3 nitrogen and oxygen atoms in total. The second-order valence-electron chi connectivity index (χ2n) is 5.04. The summed E-state index contributed by atoms with van der Waals surface area (Å²) >= 11 is 0. The Hall–Kier alpha value is -1.86. The van der Waals surface area contributed by atoms with Gasteiger partial charge in [-0.3, -0.25) is 4.79 Å². The van der Waals surface area contributed by atoms with Crippen molar-refractivity contribution in [3.63, 3.8) is 0 Å². The Bertz CT molecular complexity index is 529. The Labute approximate surface area is 119 Å². The van der Waals surface area contributed by atoms with E-state index in [2.05, 4.69) is 11.8 Å². The van der Waals surface area contributed by atoms with Crippen LogP contribution in [0.2, 0.25) is 0 Å². The van der Waals surface area contributed by atoms with Gasteiger partial charge in [-0.05, 0) is 24.1 Å². The summed E-state index contributed by atoms with van der Waals surface area (Å²) in [5.74, 6) is 5.19. The molecule has 0 aliphatic carbocycles. The molecular weight excluding hydrogens is 257 g/mol. The van der Waals surface area contributed by atoms with E-state index < -0.39 is 5.82 Å². The number of nitrogens with zero attached hydrogens (tertiary/aromatic N) is 1. The van der Waals surface area contributed by atoms with Gasteiger partial charge in [-0.2, -0.15) is 0 Å². The summed E-state index contributed by atoms with van der Waals surface area (Å²) in [7, 11) is 1.69. The van der Waals surface area contributed by atoms with Crippen LogP contribution in [0.3, 0.4) is 0 Å². The van der Waals surface area contributed by atoms with Crippen LogP contribution in [0, 0.1) is 23.6 Å². The molecule has 20 heavy (non-hydrogen) atoms. The van der Waals surface area contributed by atoms with Gasteiger partial charge in [0.2, 0.25) is 0 Å². The van der Waals surface area contributed by atoms with Crippen LogP contribution in [0.1, 0.15) is 36.2 Å². The lowest BCUT2D eigenvalue weighted by Crippen LogP contribution is -2.30. The van der Waals surface area contributed by atoms with Gasteiger partial charge in [0.15, 0.2) is 0 Å². The molecule has 0 bridgehead atoms. The monoisotopic (exact) mass is 277 g/mol. The van der Waals surface area contributed by atoms with Gasteiger partial charge in [0.05, 0.1) is 12.2 Å². The summed E-state index contributed by atoms with van der Waals surface area (Å²) in [6.45, 7) is 4.58. The van der Waals surface area contributed by atoms with Gasteiger partial charge < -0.3 is 10.0 Å². The smallest absolute Gasteiger partial charge is 0.254 e. The van der Waals surface area contributed by atoms with Crippen LogP contribution in [-0.2, 0) is 0 Å². The predicted octanol–water partition coefficient (Wildman–Crippen LogP) is 2.29. The van der Waals surface area contributed by atoms with Gasteiger partial charge in [0, 0.05) is 25.6 Å². The molecule has 1 aromatic carbocycles. The van der Waals surface area contributed by atoms with Crippen LogP contribution < -0.4 is 0 Å². The topological polar surface area (TPSA) is 40.5 Å². The van der Waals surface area contributed by atoms with Gasteiger partial charge in [0.25, 0.3) is 5.91 Å². The Morgan fingerprint density at radius 2 is 2.15 bits per heavy atom. The van der Waals surface area contributed by atoms with E-state index in [4.69, 9.17) is 5.11 Å². The van der Waals surface area contributed by atoms with Crippen molar-refractivity contribution in [2.75, 3.05) is 20.2 Å². The summed E-state index contributed by atoms with van der Waals surface area (Å²) in [4.78, 5) is 13.9. The van der Waals surface area contributed by atoms with Gasteiger partial charge in [0.1, 0.15) is 5.82 Å². The van der Waals surface area contributed by atoms with Gasteiger partial charge >= 0.3 is 0 Å². The highest BCUT2D eigenvalue weighted by Crippen LogP contribution is 2.13. The lowest BCUT2D eigenvalue weighted by atomic mass is 10.1. The summed E-state index contributed by atoms with van der Waals surface area (Å²) in [6, 6.07) is 3.99. The molecule has 0 aliphatic rings. The molecule has 4 heteroatoms. The first kappa shape index (κ1) is 16.2. The molecule has 0 unspecified atom stereocenters. The van der Waals surface area contributed by atoms with Crippen LogP contribution in [0.5, 0.6) is 0 Å². The maximum Gasteiger partial charge on any atom is 0.254 e. The zero-order valence-electron chi connectivity index (χ0n) is 12.1. The average Bonchev–Trinajstić information content (AvgIpc) is 2.39. The van der Waals surface area contributed by atoms with Crippen molar-refractivity contribution < 1.29 is 14.3 Å². The summed E-state index contributed by atoms with van der Waals surface area (Å²) in [5, 5.41) is 8.72. The van der Waals surface area contributed by atoms with Crippen LogP contribution in [0.15, 0.2) is 18.2 Å². The van der Waals surface area contributed by atoms with Gasteiger partial charge in [-0.25, -0.2) is 4.39 Å². The van der Waals surface area contributed by atoms with E-state index in [0.29, 0.717) is 24.4 Å². The van der Waals surface area contributed by atoms with E-state index in [1.54, 1.807) is 11.9 Å². The highest BCUT2D eigenvalue weighted by molar-refractivity contribution is 5.96. The molecule has 0 heterocycles. The SMILES string of the molecule is CC(C)CN(C)C(=O)c1cc(F)ccc1C#CCCO. The van der Waals surface area contributed by atoms with Gasteiger partial charge in [-0.1, -0.05) is 25.7 Å². The fraction of sp³-hybridized carbons (Fsp3) is 0.438. The van der Waals surface area contributed by atoms with Crippen molar-refractivity contribution >= 4 is 5.91 Å². The summed E-state index contributed by atoms with van der Waals surface area (Å²) in [5.41, 5.74) is 0.749.